The summed E-state index contributed by atoms with van der Waals surface area (Å²) in [5.41, 5.74) is 5.67. The van der Waals surface area contributed by atoms with Gasteiger partial charge in [0, 0.05) is 25.9 Å². The minimum atomic E-state index is -0.890. The van der Waals surface area contributed by atoms with Crippen LogP contribution in [0.15, 0.2) is 22.8 Å². The number of likely N-dealkylation sites (tertiary alicyclic amines) is 1. The van der Waals surface area contributed by atoms with Crippen LogP contribution in [0, 0.1) is 0 Å². The molecule has 0 atom stereocenters. The molecular formula is C18H26F2N2O5. The van der Waals surface area contributed by atoms with E-state index in [1.165, 1.54) is 25.7 Å². The third-order valence-corrected chi connectivity index (χ3v) is 4.57. The number of hydrogen-bond acceptors (Lipinski definition) is 6. The molecule has 1 saturated heterocycles. The second-order valence-electron chi connectivity index (χ2n) is 7.44. The largest absolute Gasteiger partial charge is 0.466 e. The van der Waals surface area contributed by atoms with Gasteiger partial charge in [0.1, 0.15) is 12.7 Å². The molecule has 2 aliphatic rings. The van der Waals surface area contributed by atoms with E-state index in [-0.39, 0.29) is 49.7 Å². The zero-order valence-corrected chi connectivity index (χ0v) is 15.8. The van der Waals surface area contributed by atoms with Gasteiger partial charge in [-0.2, -0.15) is 0 Å². The average molecular weight is 388 g/mol. The standard InChI is InChI=1S/C18H26F2N2O5/c1-11(2)15(19)16(20)12(3)6-26-13-4-14(5-13)27-17(24)22-7-18(21,8-22)9-25-10-23/h10,13-14H,4-9,21H2,1-3H3/b16-12-. The highest BCUT2D eigenvalue weighted by atomic mass is 19.2. The number of halogens is 2. The number of hydrogen-bond donors (Lipinski definition) is 1. The first kappa shape index (κ1) is 21.3. The van der Waals surface area contributed by atoms with Crippen LogP contribution in [-0.2, 0) is 19.0 Å². The molecule has 9 heteroatoms. The first-order chi connectivity index (χ1) is 12.6. The second kappa shape index (κ2) is 8.79. The van der Waals surface area contributed by atoms with Crippen molar-refractivity contribution in [1.82, 2.24) is 4.90 Å². The molecule has 0 spiro atoms. The molecule has 1 aliphatic carbocycles. The van der Waals surface area contributed by atoms with Crippen molar-refractivity contribution in [2.75, 3.05) is 26.3 Å². The molecule has 0 aromatic carbocycles. The molecule has 0 unspecified atom stereocenters. The molecule has 27 heavy (non-hydrogen) atoms. The van der Waals surface area contributed by atoms with Gasteiger partial charge >= 0.3 is 6.09 Å². The van der Waals surface area contributed by atoms with Crippen LogP contribution in [0.1, 0.15) is 33.6 Å². The maximum Gasteiger partial charge on any atom is 0.410 e. The minimum Gasteiger partial charge on any atom is -0.466 e. The van der Waals surface area contributed by atoms with Gasteiger partial charge in [-0.1, -0.05) is 0 Å². The van der Waals surface area contributed by atoms with Crippen LogP contribution in [0.3, 0.4) is 0 Å². The summed E-state index contributed by atoms with van der Waals surface area (Å²) in [6.45, 7) is 5.34. The third-order valence-electron chi connectivity index (χ3n) is 4.57. The lowest BCUT2D eigenvalue weighted by atomic mass is 9.91. The number of nitrogens with two attached hydrogens (primary N) is 1. The monoisotopic (exact) mass is 388 g/mol. The molecule has 0 aromatic rings. The highest BCUT2D eigenvalue weighted by Gasteiger charge is 2.45. The number of carbonyl (C=O) groups is 2. The Hall–Kier alpha value is -2.00. The van der Waals surface area contributed by atoms with Crippen LogP contribution < -0.4 is 5.73 Å². The lowest BCUT2D eigenvalue weighted by Gasteiger charge is -2.47. The Kier molecular flexibility index (Phi) is 6.94. The van der Waals surface area contributed by atoms with Crippen molar-refractivity contribution in [1.29, 1.82) is 0 Å². The van der Waals surface area contributed by atoms with E-state index in [1.54, 1.807) is 0 Å². The van der Waals surface area contributed by atoms with Crippen molar-refractivity contribution in [3.8, 4) is 0 Å². The molecule has 1 aliphatic heterocycles. The molecular weight excluding hydrogens is 362 g/mol. The predicted molar refractivity (Wildman–Crippen MR) is 93.0 cm³/mol. The molecule has 1 amide bonds. The summed E-state index contributed by atoms with van der Waals surface area (Å²) < 4.78 is 42.8. The van der Waals surface area contributed by atoms with E-state index in [0.29, 0.717) is 19.3 Å². The number of ether oxygens (including phenoxy) is 3. The number of rotatable bonds is 8. The summed E-state index contributed by atoms with van der Waals surface area (Å²) in [5.74, 6) is -1.75. The first-order valence-corrected chi connectivity index (χ1v) is 8.75. The van der Waals surface area contributed by atoms with Crippen LogP contribution in [-0.4, -0.2) is 61.5 Å². The molecule has 7 nitrogen and oxygen atoms in total. The predicted octanol–water partition coefficient (Wildman–Crippen LogP) is 2.36. The highest BCUT2D eigenvalue weighted by Crippen LogP contribution is 2.30. The minimum absolute atomic E-state index is 0.0174. The average Bonchev–Trinajstić information content (AvgIpc) is 2.57. The Morgan fingerprint density at radius 3 is 2.37 bits per heavy atom. The van der Waals surface area contributed by atoms with Crippen LogP contribution in [0.5, 0.6) is 0 Å². The third kappa shape index (κ3) is 5.49. The van der Waals surface area contributed by atoms with Gasteiger partial charge in [0.2, 0.25) is 0 Å². The van der Waals surface area contributed by atoms with Crippen molar-refractivity contribution in [3.05, 3.63) is 22.8 Å². The summed E-state index contributed by atoms with van der Waals surface area (Å²) in [5, 5.41) is 0. The lowest BCUT2D eigenvalue weighted by Crippen LogP contribution is -2.71. The quantitative estimate of drug-likeness (QED) is 0.507. The molecule has 1 heterocycles. The van der Waals surface area contributed by atoms with Crippen molar-refractivity contribution >= 4 is 12.6 Å². The number of amides is 1. The van der Waals surface area contributed by atoms with Crippen LogP contribution in [0.2, 0.25) is 0 Å². The van der Waals surface area contributed by atoms with Crippen molar-refractivity contribution in [3.63, 3.8) is 0 Å². The molecule has 0 radical (unpaired) electrons. The lowest BCUT2D eigenvalue weighted by molar-refractivity contribution is -0.132. The maximum atomic E-state index is 13.8. The van der Waals surface area contributed by atoms with E-state index in [4.69, 9.17) is 15.2 Å². The molecule has 2 rings (SSSR count). The van der Waals surface area contributed by atoms with Gasteiger partial charge in [-0.25, -0.2) is 13.6 Å². The Labute approximate surface area is 157 Å². The van der Waals surface area contributed by atoms with Crippen LogP contribution >= 0.6 is 0 Å². The fourth-order valence-corrected chi connectivity index (χ4v) is 2.81. The Morgan fingerprint density at radius 2 is 1.81 bits per heavy atom. The molecule has 1 saturated carbocycles. The summed E-state index contributed by atoms with van der Waals surface area (Å²) in [7, 11) is 0. The van der Waals surface area contributed by atoms with Gasteiger partial charge in [-0.15, -0.1) is 0 Å². The summed E-state index contributed by atoms with van der Waals surface area (Å²) in [6.07, 6.45) is 0.0957. The van der Waals surface area contributed by atoms with Gasteiger partial charge in [-0.05, 0) is 31.9 Å². The van der Waals surface area contributed by atoms with Gasteiger partial charge < -0.3 is 24.8 Å². The zero-order chi connectivity index (χ0) is 20.2. The summed E-state index contributed by atoms with van der Waals surface area (Å²) in [4.78, 5) is 23.6. The normalized spacial score (nSPS) is 24.1. The fraction of sp³-hybridized carbons (Fsp3) is 0.667. The van der Waals surface area contributed by atoms with Crippen molar-refractivity contribution < 1.29 is 32.6 Å². The van der Waals surface area contributed by atoms with E-state index in [1.807, 2.05) is 0 Å². The van der Waals surface area contributed by atoms with Gasteiger partial charge in [0.05, 0.1) is 18.2 Å². The number of carbonyl (C=O) groups excluding carboxylic acids is 2. The summed E-state index contributed by atoms with van der Waals surface area (Å²) >= 11 is 0. The number of nitrogens with zero attached hydrogens (tertiary/aromatic N) is 1. The molecule has 2 fully saturated rings. The SMILES string of the molecule is CC(C)=C(F)/C(F)=C(\C)COC1CC(OC(=O)N2CC(N)(COC=O)C2)C1. The molecule has 0 aromatic heterocycles. The van der Waals surface area contributed by atoms with Crippen LogP contribution in [0.4, 0.5) is 13.6 Å². The van der Waals surface area contributed by atoms with E-state index >= 15 is 0 Å². The molecule has 0 bridgehead atoms. The van der Waals surface area contributed by atoms with E-state index in [2.05, 4.69) is 4.74 Å². The number of allylic oxidation sites excluding steroid dienone is 3. The smallest absolute Gasteiger partial charge is 0.410 e. The summed E-state index contributed by atoms with van der Waals surface area (Å²) in [6, 6.07) is 0. The molecule has 2 N–H and O–H groups in total. The second-order valence-corrected chi connectivity index (χ2v) is 7.44. The van der Waals surface area contributed by atoms with E-state index in [0.717, 1.165) is 0 Å². The van der Waals surface area contributed by atoms with Crippen molar-refractivity contribution in [2.45, 2.75) is 51.4 Å². The van der Waals surface area contributed by atoms with Gasteiger partial charge in [-0.3, -0.25) is 4.79 Å². The Balaban J connectivity index is 1.66. The van der Waals surface area contributed by atoms with E-state index < -0.39 is 23.3 Å². The molecule has 152 valence electrons. The van der Waals surface area contributed by atoms with Crippen LogP contribution in [0.25, 0.3) is 0 Å². The zero-order valence-electron chi connectivity index (χ0n) is 15.8. The van der Waals surface area contributed by atoms with Gasteiger partial charge in [0.25, 0.3) is 6.47 Å². The van der Waals surface area contributed by atoms with E-state index in [9.17, 15) is 18.4 Å². The van der Waals surface area contributed by atoms with Gasteiger partial charge in [0.15, 0.2) is 11.7 Å². The highest BCUT2D eigenvalue weighted by molar-refractivity contribution is 5.69. The first-order valence-electron chi connectivity index (χ1n) is 8.75. The topological polar surface area (TPSA) is 91.1 Å². The fourth-order valence-electron chi connectivity index (χ4n) is 2.81. The Morgan fingerprint density at radius 1 is 1.19 bits per heavy atom. The maximum absolute atomic E-state index is 13.8. The Bertz CT molecular complexity index is 634. The van der Waals surface area contributed by atoms with Crippen molar-refractivity contribution in [2.24, 2.45) is 5.73 Å².